The van der Waals surface area contributed by atoms with Gasteiger partial charge >= 0.3 is 0 Å². The number of rotatable bonds is 8. The van der Waals surface area contributed by atoms with E-state index < -0.39 is 0 Å². The van der Waals surface area contributed by atoms with Crippen molar-refractivity contribution in [1.29, 1.82) is 0 Å². The summed E-state index contributed by atoms with van der Waals surface area (Å²) in [5.41, 5.74) is 18.7. The first-order valence-corrected chi connectivity index (χ1v) is 27.8. The molecule has 0 unspecified atom stereocenters. The summed E-state index contributed by atoms with van der Waals surface area (Å²) in [6.07, 6.45) is 0. The smallest absolute Gasteiger partial charge is 0.238 e. The molecule has 5 heterocycles. The van der Waals surface area contributed by atoms with E-state index in [-0.39, 0.29) is 0 Å². The van der Waals surface area contributed by atoms with Gasteiger partial charge in [-0.2, -0.15) is 9.97 Å². The molecule has 0 aliphatic heterocycles. The van der Waals surface area contributed by atoms with Gasteiger partial charge in [0, 0.05) is 71.3 Å². The Balaban J connectivity index is 0.801. The van der Waals surface area contributed by atoms with Crippen LogP contribution in [-0.2, 0) is 0 Å². The molecule has 0 spiro atoms. The topological polar surface area (TPSA) is 58.4 Å². The van der Waals surface area contributed by atoms with E-state index in [1.165, 1.54) is 54.4 Å². The molecule has 0 saturated heterocycles. The van der Waals surface area contributed by atoms with E-state index in [4.69, 9.17) is 15.0 Å². The molecule has 12 aromatic carbocycles. The summed E-state index contributed by atoms with van der Waals surface area (Å²) >= 11 is 0. The molecule has 17 rings (SSSR count). The third-order valence-electron chi connectivity index (χ3n) is 16.6. The largest absolute Gasteiger partial charge is 0.309 e. The van der Waals surface area contributed by atoms with Gasteiger partial charge in [-0.15, -0.1) is 0 Å². The number of fused-ring (bicyclic) bond motifs is 12. The van der Waals surface area contributed by atoms with Crippen LogP contribution in [-0.4, -0.2) is 33.2 Å². The Kier molecular flexibility index (Phi) is 10.2. The van der Waals surface area contributed by atoms with Crippen molar-refractivity contribution in [3.63, 3.8) is 0 Å². The van der Waals surface area contributed by atoms with Crippen molar-refractivity contribution in [3.05, 3.63) is 285 Å². The van der Waals surface area contributed by atoms with Crippen molar-refractivity contribution in [2.45, 2.75) is 0 Å². The summed E-state index contributed by atoms with van der Waals surface area (Å²) in [5, 5.41) is 9.51. The lowest BCUT2D eigenvalue weighted by atomic mass is 10.0. The highest BCUT2D eigenvalue weighted by atomic mass is 15.2. The molecule has 17 aromatic rings. The van der Waals surface area contributed by atoms with E-state index >= 15 is 0 Å². The number of benzene rings is 12. The number of nitrogens with zero attached hydrogens (tertiary/aromatic N) is 7. The van der Waals surface area contributed by atoms with Gasteiger partial charge in [0.25, 0.3) is 0 Å². The molecular formula is C75H47N7. The van der Waals surface area contributed by atoms with Crippen LogP contribution in [0.1, 0.15) is 0 Å². The van der Waals surface area contributed by atoms with Crippen molar-refractivity contribution in [1.82, 2.24) is 33.2 Å². The molecule has 0 radical (unpaired) electrons. The number of para-hydroxylation sites is 6. The minimum Gasteiger partial charge on any atom is -0.309 e. The van der Waals surface area contributed by atoms with Gasteiger partial charge in [0.1, 0.15) is 0 Å². The van der Waals surface area contributed by atoms with Gasteiger partial charge in [-0.1, -0.05) is 182 Å². The molecule has 0 aliphatic rings. The SMILES string of the molecule is c1ccc(-c2nc(-c3cccc(-n4c5ccccc5c5ccc(-c6ccc7c(c6)c6ccccc6n7-c6ccccc6)cc54)c3)nc(-n3c4ccccc4c4cc(-c5ccc6c(c5)c5ccccc5n6-c5ccccc5)ccc43)n2)cc1. The lowest BCUT2D eigenvalue weighted by Crippen LogP contribution is -2.06. The fourth-order valence-electron chi connectivity index (χ4n) is 12.9. The van der Waals surface area contributed by atoms with Crippen LogP contribution in [0.3, 0.4) is 0 Å². The maximum atomic E-state index is 5.44. The monoisotopic (exact) mass is 1050 g/mol. The van der Waals surface area contributed by atoms with Crippen LogP contribution in [0.25, 0.3) is 155 Å². The molecule has 7 nitrogen and oxygen atoms in total. The van der Waals surface area contributed by atoms with Gasteiger partial charge in [-0.3, -0.25) is 4.57 Å². The lowest BCUT2D eigenvalue weighted by Gasteiger charge is -2.13. The molecular weight excluding hydrogens is 999 g/mol. The molecule has 0 bridgehead atoms. The van der Waals surface area contributed by atoms with Gasteiger partial charge in [-0.25, -0.2) is 4.98 Å². The molecule has 0 fully saturated rings. The van der Waals surface area contributed by atoms with Gasteiger partial charge in [0.05, 0.1) is 44.1 Å². The van der Waals surface area contributed by atoms with Crippen molar-refractivity contribution < 1.29 is 0 Å². The summed E-state index contributed by atoms with van der Waals surface area (Å²) < 4.78 is 9.33. The molecule has 382 valence electrons. The van der Waals surface area contributed by atoms with Crippen LogP contribution in [0.4, 0.5) is 0 Å². The number of hydrogen-bond acceptors (Lipinski definition) is 3. The van der Waals surface area contributed by atoms with Gasteiger partial charge in [-0.05, 0) is 125 Å². The second-order valence-corrected chi connectivity index (χ2v) is 21.2. The third kappa shape index (κ3) is 7.13. The fourth-order valence-corrected chi connectivity index (χ4v) is 12.9. The van der Waals surface area contributed by atoms with Crippen LogP contribution in [0, 0.1) is 0 Å². The normalized spacial score (nSPS) is 11.9. The van der Waals surface area contributed by atoms with E-state index in [1.54, 1.807) is 0 Å². The molecule has 5 aromatic heterocycles. The summed E-state index contributed by atoms with van der Waals surface area (Å²) in [4.78, 5) is 16.0. The Morgan fingerprint density at radius 3 is 1.04 bits per heavy atom. The second kappa shape index (κ2) is 18.2. The van der Waals surface area contributed by atoms with Gasteiger partial charge in [0.15, 0.2) is 11.6 Å². The maximum absolute atomic E-state index is 5.44. The first-order valence-electron chi connectivity index (χ1n) is 27.8. The van der Waals surface area contributed by atoms with Crippen molar-refractivity contribution in [2.24, 2.45) is 0 Å². The summed E-state index contributed by atoms with van der Waals surface area (Å²) in [6, 6.07) is 102. The van der Waals surface area contributed by atoms with Crippen molar-refractivity contribution in [2.75, 3.05) is 0 Å². The van der Waals surface area contributed by atoms with E-state index in [0.29, 0.717) is 17.6 Å². The minimum atomic E-state index is 0.550. The zero-order valence-corrected chi connectivity index (χ0v) is 44.3. The summed E-state index contributed by atoms with van der Waals surface area (Å²) in [5.74, 6) is 1.73. The highest BCUT2D eigenvalue weighted by molar-refractivity contribution is 6.14. The van der Waals surface area contributed by atoms with Crippen LogP contribution < -0.4 is 0 Å². The highest BCUT2D eigenvalue weighted by Gasteiger charge is 2.22. The Bertz CT molecular complexity index is 5400. The van der Waals surface area contributed by atoms with E-state index in [1.807, 2.05) is 18.2 Å². The average molecular weight is 1050 g/mol. The molecule has 82 heavy (non-hydrogen) atoms. The first kappa shape index (κ1) is 45.8. The maximum Gasteiger partial charge on any atom is 0.238 e. The summed E-state index contributed by atoms with van der Waals surface area (Å²) in [7, 11) is 0. The third-order valence-corrected chi connectivity index (χ3v) is 16.6. The lowest BCUT2D eigenvalue weighted by molar-refractivity contribution is 0.953. The molecule has 0 aliphatic carbocycles. The quantitative estimate of drug-likeness (QED) is 0.152. The van der Waals surface area contributed by atoms with E-state index in [2.05, 4.69) is 285 Å². The molecule has 0 saturated carbocycles. The molecule has 7 heteroatoms. The average Bonchev–Trinajstić information content (AvgIpc) is 4.47. The van der Waals surface area contributed by atoms with Crippen LogP contribution >= 0.6 is 0 Å². The first-order chi connectivity index (χ1) is 40.7. The zero-order valence-electron chi connectivity index (χ0n) is 44.3. The zero-order chi connectivity index (χ0) is 53.8. The van der Waals surface area contributed by atoms with E-state index in [9.17, 15) is 0 Å². The Morgan fingerprint density at radius 1 is 0.183 bits per heavy atom. The van der Waals surface area contributed by atoms with Crippen LogP contribution in [0.5, 0.6) is 0 Å². The Hall–Kier alpha value is -11.2. The predicted octanol–water partition coefficient (Wildman–Crippen LogP) is 18.9. The molecule has 0 atom stereocenters. The fraction of sp³-hybridized carbons (Fsp3) is 0. The van der Waals surface area contributed by atoms with Crippen LogP contribution in [0.2, 0.25) is 0 Å². The minimum absolute atomic E-state index is 0.550. The standard InChI is InChI=1S/C75H47N7/c1-4-19-48(20-5-1)73-76-74(78-75(77-73)82-68-34-17-13-30-60(68)64-45-50(38-42-71(64)82)49-36-40-69-62(44-49)58-28-11-15-32-66(58)79(69)54-22-6-2-7-23-54)53-21-18-26-56(43-53)81-65-31-14-10-27-57(65)61-39-35-52(47-72(61)81)51-37-41-70-63(46-51)59-29-12-16-33-67(59)80(70)55-24-8-3-9-25-55/h1-47H. The Morgan fingerprint density at radius 2 is 0.524 bits per heavy atom. The number of aromatic nitrogens is 7. The van der Waals surface area contributed by atoms with E-state index in [0.717, 1.165) is 83.3 Å². The predicted molar refractivity (Wildman–Crippen MR) is 339 cm³/mol. The second-order valence-electron chi connectivity index (χ2n) is 21.2. The molecule has 0 N–H and O–H groups in total. The van der Waals surface area contributed by atoms with Gasteiger partial charge in [0.2, 0.25) is 5.95 Å². The van der Waals surface area contributed by atoms with Gasteiger partial charge < -0.3 is 13.7 Å². The van der Waals surface area contributed by atoms with Crippen molar-refractivity contribution in [3.8, 4) is 68.0 Å². The highest BCUT2D eigenvalue weighted by Crippen LogP contribution is 2.41. The Labute approximate surface area is 471 Å². The summed E-state index contributed by atoms with van der Waals surface area (Å²) in [6.45, 7) is 0. The van der Waals surface area contributed by atoms with Crippen molar-refractivity contribution >= 4 is 87.2 Å². The number of hydrogen-bond donors (Lipinski definition) is 0. The molecule has 0 amide bonds. The van der Waals surface area contributed by atoms with Crippen LogP contribution in [0.15, 0.2) is 285 Å².